The van der Waals surface area contributed by atoms with E-state index < -0.39 is 0 Å². The highest BCUT2D eigenvalue weighted by Gasteiger charge is 2.30. The van der Waals surface area contributed by atoms with Gasteiger partial charge in [-0.1, -0.05) is 30.3 Å². The fourth-order valence-corrected chi connectivity index (χ4v) is 2.79. The third-order valence-electron chi connectivity index (χ3n) is 3.99. The fraction of sp³-hybridized carbons (Fsp3) is 0.353. The molecule has 1 aliphatic carbocycles. The van der Waals surface area contributed by atoms with Crippen molar-refractivity contribution in [2.45, 2.75) is 38.6 Å². The summed E-state index contributed by atoms with van der Waals surface area (Å²) in [5.41, 5.74) is 4.84. The van der Waals surface area contributed by atoms with Crippen molar-refractivity contribution in [1.29, 1.82) is 0 Å². The van der Waals surface area contributed by atoms with Crippen LogP contribution in [0.5, 0.6) is 0 Å². The van der Waals surface area contributed by atoms with Gasteiger partial charge in [-0.15, -0.1) is 0 Å². The maximum absolute atomic E-state index is 4.50. The summed E-state index contributed by atoms with van der Waals surface area (Å²) in [5, 5.41) is 3.61. The molecule has 0 unspecified atom stereocenters. The van der Waals surface area contributed by atoms with E-state index in [-0.39, 0.29) is 0 Å². The number of rotatable bonds is 3. The number of hydrogen-bond donors (Lipinski definition) is 1. The van der Waals surface area contributed by atoms with Gasteiger partial charge >= 0.3 is 0 Å². The number of benzene rings is 1. The molecule has 1 heterocycles. The van der Waals surface area contributed by atoms with Crippen LogP contribution >= 0.6 is 0 Å². The van der Waals surface area contributed by atoms with Crippen molar-refractivity contribution in [3.8, 4) is 0 Å². The highest BCUT2D eigenvalue weighted by molar-refractivity contribution is 5.49. The van der Waals surface area contributed by atoms with Gasteiger partial charge in [0, 0.05) is 11.7 Å². The Kier molecular flexibility index (Phi) is 3.24. The normalized spacial score (nSPS) is 21.8. The minimum Gasteiger partial charge on any atom is -0.381 e. The average Bonchev–Trinajstić information content (AvgIpc) is 2.36. The molecule has 0 amide bonds. The van der Waals surface area contributed by atoms with Gasteiger partial charge < -0.3 is 5.32 Å². The third-order valence-corrected chi connectivity index (χ3v) is 3.99. The number of nitrogens with zero attached hydrogens (tertiary/aromatic N) is 1. The van der Waals surface area contributed by atoms with Crippen molar-refractivity contribution >= 4 is 5.69 Å². The van der Waals surface area contributed by atoms with Gasteiger partial charge in [0.15, 0.2) is 0 Å². The Morgan fingerprint density at radius 2 is 1.74 bits per heavy atom. The Hall–Kier alpha value is -1.83. The maximum Gasteiger partial charge on any atom is 0.0606 e. The summed E-state index contributed by atoms with van der Waals surface area (Å²) in [6.45, 7) is 4.11. The molecule has 1 fully saturated rings. The van der Waals surface area contributed by atoms with Crippen LogP contribution in [0, 0.1) is 13.8 Å². The van der Waals surface area contributed by atoms with Crippen LogP contribution in [0.3, 0.4) is 0 Å². The van der Waals surface area contributed by atoms with Gasteiger partial charge in [0.25, 0.3) is 0 Å². The van der Waals surface area contributed by atoms with Crippen molar-refractivity contribution in [1.82, 2.24) is 4.98 Å². The Morgan fingerprint density at radius 3 is 2.42 bits per heavy atom. The van der Waals surface area contributed by atoms with Crippen molar-refractivity contribution in [3.05, 3.63) is 59.4 Å². The molecular weight excluding hydrogens is 232 g/mol. The lowest BCUT2D eigenvalue weighted by Gasteiger charge is -2.37. The molecule has 0 aliphatic heterocycles. The zero-order valence-corrected chi connectivity index (χ0v) is 11.6. The van der Waals surface area contributed by atoms with E-state index in [0.29, 0.717) is 6.04 Å². The minimum atomic E-state index is 0.591. The maximum atomic E-state index is 4.50. The van der Waals surface area contributed by atoms with E-state index in [0.717, 1.165) is 17.3 Å². The fourth-order valence-electron chi connectivity index (χ4n) is 2.79. The van der Waals surface area contributed by atoms with Crippen LogP contribution in [0.15, 0.2) is 42.5 Å². The van der Waals surface area contributed by atoms with Crippen LogP contribution in [-0.2, 0) is 0 Å². The second-order valence-corrected chi connectivity index (χ2v) is 5.51. The van der Waals surface area contributed by atoms with Gasteiger partial charge in [0.05, 0.1) is 11.4 Å². The largest absolute Gasteiger partial charge is 0.381 e. The first-order chi connectivity index (χ1) is 9.22. The van der Waals surface area contributed by atoms with Gasteiger partial charge in [0.1, 0.15) is 0 Å². The van der Waals surface area contributed by atoms with Crippen LogP contribution in [0.1, 0.15) is 35.7 Å². The van der Waals surface area contributed by atoms with E-state index in [9.17, 15) is 0 Å². The first-order valence-corrected chi connectivity index (χ1v) is 6.98. The van der Waals surface area contributed by atoms with Crippen LogP contribution in [0.25, 0.3) is 0 Å². The zero-order chi connectivity index (χ0) is 13.2. The SMILES string of the molecule is Cc1ccc(NC2CC(c3ccccc3)C2)c(C)n1. The quantitative estimate of drug-likeness (QED) is 0.891. The Labute approximate surface area is 114 Å². The molecule has 0 radical (unpaired) electrons. The molecule has 0 spiro atoms. The van der Waals surface area contributed by atoms with Crippen LogP contribution in [0.4, 0.5) is 5.69 Å². The summed E-state index contributed by atoms with van der Waals surface area (Å²) in [7, 11) is 0. The van der Waals surface area contributed by atoms with Gasteiger partial charge in [-0.05, 0) is 50.3 Å². The van der Waals surface area contributed by atoms with Crippen molar-refractivity contribution in [3.63, 3.8) is 0 Å². The zero-order valence-electron chi connectivity index (χ0n) is 11.6. The Morgan fingerprint density at radius 1 is 1.00 bits per heavy atom. The molecule has 1 aromatic carbocycles. The smallest absolute Gasteiger partial charge is 0.0606 e. The molecule has 0 saturated heterocycles. The summed E-state index contributed by atoms with van der Waals surface area (Å²) in [4.78, 5) is 4.50. The topological polar surface area (TPSA) is 24.9 Å². The molecule has 2 aromatic rings. The number of hydrogen-bond acceptors (Lipinski definition) is 2. The van der Waals surface area contributed by atoms with Gasteiger partial charge in [-0.2, -0.15) is 0 Å². The van der Waals surface area contributed by atoms with Gasteiger partial charge in [0.2, 0.25) is 0 Å². The summed E-state index contributed by atoms with van der Waals surface area (Å²) in [5.74, 6) is 0.720. The van der Waals surface area contributed by atoms with Crippen LogP contribution < -0.4 is 5.32 Å². The lowest BCUT2D eigenvalue weighted by atomic mass is 9.76. The van der Waals surface area contributed by atoms with E-state index in [1.165, 1.54) is 24.1 Å². The highest BCUT2D eigenvalue weighted by Crippen LogP contribution is 2.38. The standard InChI is InChI=1S/C17H20N2/c1-12-8-9-17(13(2)18-12)19-16-10-15(11-16)14-6-4-3-5-7-14/h3-9,15-16,19H,10-11H2,1-2H3. The molecule has 3 rings (SSSR count). The van der Waals surface area contributed by atoms with E-state index in [1.54, 1.807) is 0 Å². The molecule has 0 bridgehead atoms. The summed E-state index contributed by atoms with van der Waals surface area (Å²) in [6, 6.07) is 15.6. The lowest BCUT2D eigenvalue weighted by Crippen LogP contribution is -2.34. The minimum absolute atomic E-state index is 0.591. The van der Waals surface area contributed by atoms with Crippen molar-refractivity contribution in [2.75, 3.05) is 5.32 Å². The van der Waals surface area contributed by atoms with E-state index in [2.05, 4.69) is 59.7 Å². The molecule has 19 heavy (non-hydrogen) atoms. The van der Waals surface area contributed by atoms with Gasteiger partial charge in [-0.25, -0.2) is 0 Å². The summed E-state index contributed by atoms with van der Waals surface area (Å²) in [6.07, 6.45) is 2.44. The van der Waals surface area contributed by atoms with Crippen molar-refractivity contribution < 1.29 is 0 Å². The molecule has 1 aliphatic rings. The number of pyridine rings is 1. The molecule has 1 N–H and O–H groups in total. The first kappa shape index (κ1) is 12.2. The lowest BCUT2D eigenvalue weighted by molar-refractivity contribution is 0.374. The molecule has 1 aromatic heterocycles. The van der Waals surface area contributed by atoms with E-state index in [1.807, 2.05) is 6.92 Å². The van der Waals surface area contributed by atoms with E-state index in [4.69, 9.17) is 0 Å². The van der Waals surface area contributed by atoms with Crippen LogP contribution in [-0.4, -0.2) is 11.0 Å². The molecule has 2 heteroatoms. The van der Waals surface area contributed by atoms with E-state index >= 15 is 0 Å². The monoisotopic (exact) mass is 252 g/mol. The molecule has 2 nitrogen and oxygen atoms in total. The second kappa shape index (κ2) is 5.04. The first-order valence-electron chi connectivity index (χ1n) is 6.98. The average molecular weight is 252 g/mol. The summed E-state index contributed by atoms with van der Waals surface area (Å²) < 4.78 is 0. The Balaban J connectivity index is 1.60. The highest BCUT2D eigenvalue weighted by atomic mass is 15.0. The number of aryl methyl sites for hydroxylation is 2. The van der Waals surface area contributed by atoms with Crippen molar-refractivity contribution in [2.24, 2.45) is 0 Å². The Bertz CT molecular complexity index is 557. The third kappa shape index (κ3) is 2.62. The molecular formula is C17H20N2. The number of nitrogens with one attached hydrogen (secondary N) is 1. The summed E-state index contributed by atoms with van der Waals surface area (Å²) >= 11 is 0. The number of aromatic nitrogens is 1. The molecule has 0 atom stereocenters. The van der Waals surface area contributed by atoms with Crippen LogP contribution in [0.2, 0.25) is 0 Å². The predicted molar refractivity (Wildman–Crippen MR) is 79.5 cm³/mol. The molecule has 1 saturated carbocycles. The second-order valence-electron chi connectivity index (χ2n) is 5.51. The number of anilines is 1. The predicted octanol–water partition coefficient (Wildman–Crippen LogP) is 4.06. The van der Waals surface area contributed by atoms with Gasteiger partial charge in [-0.3, -0.25) is 4.98 Å². The molecule has 98 valence electrons.